The van der Waals surface area contributed by atoms with Crippen LogP contribution in [0, 0.1) is 23.0 Å². The second kappa shape index (κ2) is 7.82. The van der Waals surface area contributed by atoms with E-state index in [9.17, 15) is 22.4 Å². The zero-order valence-corrected chi connectivity index (χ0v) is 15.8. The Balaban J connectivity index is 1.98. The molecule has 3 rings (SSSR count). The number of halogens is 5. The molecule has 3 N–H and O–H groups in total. The molecule has 1 aromatic heterocycles. The normalized spacial score (nSPS) is 20.9. The Hall–Kier alpha value is -3.75. The molecule has 1 aliphatic rings. The minimum Gasteiger partial charge on any atom is -0.452 e. The first-order valence-electron chi connectivity index (χ1n) is 8.69. The fourth-order valence-electron chi connectivity index (χ4n) is 3.13. The number of aliphatic imine (C=N–C) groups is 1. The van der Waals surface area contributed by atoms with Crippen molar-refractivity contribution in [2.24, 2.45) is 10.7 Å². The third-order valence-corrected chi connectivity index (χ3v) is 4.57. The molecule has 2 atom stereocenters. The standard InChI is InChI=1S/C19H14F5N5O2/c1-18(6-13(19(22,23)24)31-17(26)29-18)14-10(20)3-5-11(15(14)21)28-16(30)12-4-2-9(7-25)8-27-12/h2-5,8,13H,6H2,1H3,(H2,26,29)(H,28,30)/t13-,18+/m0/s1. The maximum Gasteiger partial charge on any atom is 0.425 e. The SMILES string of the molecule is C[C@]1(c2c(F)ccc(NC(=O)c3ccc(C#N)cn3)c2F)C[C@@H](C(F)(F)F)OC(N)=N1. The lowest BCUT2D eigenvalue weighted by Crippen LogP contribution is -2.46. The van der Waals surface area contributed by atoms with E-state index in [1.54, 1.807) is 0 Å². The van der Waals surface area contributed by atoms with Gasteiger partial charge >= 0.3 is 6.18 Å². The lowest BCUT2D eigenvalue weighted by atomic mass is 9.84. The van der Waals surface area contributed by atoms with Gasteiger partial charge in [-0.2, -0.15) is 18.4 Å². The van der Waals surface area contributed by atoms with E-state index in [2.05, 4.69) is 20.0 Å². The molecule has 1 aliphatic heterocycles. The second-order valence-electron chi connectivity index (χ2n) is 6.86. The van der Waals surface area contributed by atoms with E-state index in [1.807, 2.05) is 6.07 Å². The predicted octanol–water partition coefficient (Wildman–Crippen LogP) is 3.36. The second-order valence-corrected chi connectivity index (χ2v) is 6.86. The Labute approximate surface area is 172 Å². The zero-order chi connectivity index (χ0) is 23.0. The van der Waals surface area contributed by atoms with Gasteiger partial charge in [-0.1, -0.05) is 0 Å². The monoisotopic (exact) mass is 439 g/mol. The largest absolute Gasteiger partial charge is 0.452 e. The van der Waals surface area contributed by atoms with Crippen molar-refractivity contribution in [1.29, 1.82) is 5.26 Å². The molecule has 0 fully saturated rings. The topological polar surface area (TPSA) is 113 Å². The molecule has 0 saturated heterocycles. The molecule has 31 heavy (non-hydrogen) atoms. The Morgan fingerprint density at radius 3 is 2.61 bits per heavy atom. The number of amides is 1. The average Bonchev–Trinajstić information content (AvgIpc) is 2.68. The molecule has 12 heteroatoms. The number of aromatic nitrogens is 1. The van der Waals surface area contributed by atoms with Gasteiger partial charge in [0.15, 0.2) is 11.9 Å². The van der Waals surface area contributed by atoms with E-state index in [-0.39, 0.29) is 11.3 Å². The van der Waals surface area contributed by atoms with Crippen molar-refractivity contribution in [1.82, 2.24) is 4.98 Å². The van der Waals surface area contributed by atoms with Crippen molar-refractivity contribution in [3.05, 3.63) is 58.9 Å². The third kappa shape index (κ3) is 4.40. The van der Waals surface area contributed by atoms with Gasteiger partial charge in [0, 0.05) is 12.6 Å². The molecular weight excluding hydrogens is 425 g/mol. The van der Waals surface area contributed by atoms with Crippen LogP contribution in [0.3, 0.4) is 0 Å². The van der Waals surface area contributed by atoms with Gasteiger partial charge in [0.2, 0.25) is 0 Å². The number of nitrogens with two attached hydrogens (primary N) is 1. The van der Waals surface area contributed by atoms with Crippen LogP contribution in [0.5, 0.6) is 0 Å². The minimum absolute atomic E-state index is 0.166. The summed E-state index contributed by atoms with van der Waals surface area (Å²) in [6.45, 7) is 1.08. The molecular formula is C19H14F5N5O2. The predicted molar refractivity (Wildman–Crippen MR) is 97.8 cm³/mol. The number of nitrogens with one attached hydrogen (secondary N) is 1. The van der Waals surface area contributed by atoms with E-state index in [4.69, 9.17) is 11.0 Å². The number of benzene rings is 1. The highest BCUT2D eigenvalue weighted by Gasteiger charge is 2.51. The van der Waals surface area contributed by atoms with Crippen LogP contribution in [-0.2, 0) is 10.3 Å². The number of pyridine rings is 1. The number of rotatable bonds is 3. The van der Waals surface area contributed by atoms with E-state index in [1.165, 1.54) is 12.1 Å². The van der Waals surface area contributed by atoms with Crippen LogP contribution in [0.2, 0.25) is 0 Å². The molecule has 0 aliphatic carbocycles. The van der Waals surface area contributed by atoms with Gasteiger partial charge in [-0.25, -0.2) is 18.8 Å². The number of alkyl halides is 3. The summed E-state index contributed by atoms with van der Waals surface area (Å²) in [5.74, 6) is -3.37. The van der Waals surface area contributed by atoms with Gasteiger partial charge in [0.1, 0.15) is 17.6 Å². The van der Waals surface area contributed by atoms with Crippen LogP contribution < -0.4 is 11.1 Å². The summed E-state index contributed by atoms with van der Waals surface area (Å²) in [7, 11) is 0. The van der Waals surface area contributed by atoms with Crippen LogP contribution >= 0.6 is 0 Å². The van der Waals surface area contributed by atoms with Crippen LogP contribution in [0.4, 0.5) is 27.6 Å². The lowest BCUT2D eigenvalue weighted by Gasteiger charge is -2.36. The smallest absolute Gasteiger partial charge is 0.425 e. The van der Waals surface area contributed by atoms with E-state index in [0.29, 0.717) is 0 Å². The van der Waals surface area contributed by atoms with Crippen molar-refractivity contribution in [2.75, 3.05) is 5.32 Å². The number of hydrogen-bond acceptors (Lipinski definition) is 6. The maximum absolute atomic E-state index is 15.2. The van der Waals surface area contributed by atoms with E-state index < -0.39 is 59.1 Å². The summed E-state index contributed by atoms with van der Waals surface area (Å²) in [6.07, 6.45) is -7.07. The number of carbonyl (C=O) groups is 1. The molecule has 0 unspecified atom stereocenters. The molecule has 0 saturated carbocycles. The highest BCUT2D eigenvalue weighted by atomic mass is 19.4. The van der Waals surface area contributed by atoms with Gasteiger partial charge in [-0.15, -0.1) is 0 Å². The van der Waals surface area contributed by atoms with Gasteiger partial charge in [0.05, 0.1) is 22.4 Å². The maximum atomic E-state index is 15.2. The van der Waals surface area contributed by atoms with Crippen LogP contribution in [0.1, 0.15) is 35.0 Å². The minimum atomic E-state index is -4.85. The van der Waals surface area contributed by atoms with Gasteiger partial charge in [-0.3, -0.25) is 4.79 Å². The van der Waals surface area contributed by atoms with E-state index in [0.717, 1.165) is 25.3 Å². The fraction of sp³-hybridized carbons (Fsp3) is 0.263. The first-order chi connectivity index (χ1) is 14.4. The summed E-state index contributed by atoms with van der Waals surface area (Å²) >= 11 is 0. The third-order valence-electron chi connectivity index (χ3n) is 4.57. The number of ether oxygens (including phenoxy) is 1. The Bertz CT molecular complexity index is 1090. The molecule has 162 valence electrons. The molecule has 0 radical (unpaired) electrons. The summed E-state index contributed by atoms with van der Waals surface area (Å²) in [5, 5.41) is 10.9. The molecule has 2 heterocycles. The lowest BCUT2D eigenvalue weighted by molar-refractivity contribution is -0.208. The van der Waals surface area contributed by atoms with Crippen molar-refractivity contribution < 1.29 is 31.5 Å². The van der Waals surface area contributed by atoms with Crippen LogP contribution in [0.15, 0.2) is 35.5 Å². The molecule has 0 bridgehead atoms. The fourth-order valence-corrected chi connectivity index (χ4v) is 3.13. The molecule has 1 aromatic carbocycles. The summed E-state index contributed by atoms with van der Waals surface area (Å²) in [6, 6.07) is 5.17. The van der Waals surface area contributed by atoms with Gasteiger partial charge in [-0.05, 0) is 31.2 Å². The van der Waals surface area contributed by atoms with Crippen molar-refractivity contribution in [3.8, 4) is 6.07 Å². The van der Waals surface area contributed by atoms with Crippen LogP contribution in [-0.4, -0.2) is 29.2 Å². The average molecular weight is 439 g/mol. The highest BCUT2D eigenvalue weighted by Crippen LogP contribution is 2.42. The summed E-state index contributed by atoms with van der Waals surface area (Å²) < 4.78 is 73.6. The van der Waals surface area contributed by atoms with Crippen molar-refractivity contribution in [3.63, 3.8) is 0 Å². The van der Waals surface area contributed by atoms with Crippen molar-refractivity contribution >= 4 is 17.6 Å². The number of anilines is 1. The summed E-state index contributed by atoms with van der Waals surface area (Å²) in [4.78, 5) is 19.8. The number of nitrogens with zero attached hydrogens (tertiary/aromatic N) is 3. The number of carbonyl (C=O) groups excluding carboxylic acids is 1. The first kappa shape index (κ1) is 21.9. The molecule has 1 amide bonds. The Kier molecular flexibility index (Phi) is 5.54. The zero-order valence-electron chi connectivity index (χ0n) is 15.8. The van der Waals surface area contributed by atoms with Crippen LogP contribution in [0.25, 0.3) is 0 Å². The Morgan fingerprint density at radius 1 is 1.32 bits per heavy atom. The molecule has 0 spiro atoms. The van der Waals surface area contributed by atoms with Gasteiger partial charge < -0.3 is 15.8 Å². The van der Waals surface area contributed by atoms with Gasteiger partial charge in [0.25, 0.3) is 11.9 Å². The number of hydrogen-bond donors (Lipinski definition) is 2. The Morgan fingerprint density at radius 2 is 2.03 bits per heavy atom. The molecule has 7 nitrogen and oxygen atoms in total. The molecule has 2 aromatic rings. The highest BCUT2D eigenvalue weighted by molar-refractivity contribution is 6.03. The first-order valence-corrected chi connectivity index (χ1v) is 8.69. The number of nitriles is 1. The van der Waals surface area contributed by atoms with Crippen molar-refractivity contribution in [2.45, 2.75) is 31.2 Å². The number of amidine groups is 1. The quantitative estimate of drug-likeness (QED) is 0.712. The van der Waals surface area contributed by atoms with E-state index >= 15 is 4.39 Å². The summed E-state index contributed by atoms with van der Waals surface area (Å²) in [5.41, 5.74) is 2.00.